The van der Waals surface area contributed by atoms with Gasteiger partial charge in [0, 0.05) is 0 Å². The number of hydrogen-bond donors (Lipinski definition) is 0. The number of tetrazole rings is 1. The molecule has 6 heteroatoms. The molecule has 0 unspecified atom stereocenters. The van der Waals surface area contributed by atoms with Gasteiger partial charge in [-0.05, 0) is 46.8 Å². The molecule has 1 heterocycles. The maximum atomic E-state index is 5.86. The average Bonchev–Trinajstić information content (AvgIpc) is 3.03. The molecule has 0 bridgehead atoms. The number of rotatable bonds is 4. The molecule has 0 amide bonds. The van der Waals surface area contributed by atoms with Gasteiger partial charge in [-0.1, -0.05) is 12.1 Å². The number of aromatic nitrogens is 4. The van der Waals surface area contributed by atoms with E-state index in [1.165, 1.54) is 6.33 Å². The summed E-state index contributed by atoms with van der Waals surface area (Å²) in [5.74, 6) is 2.17. The number of methoxy groups -OCH3 is 1. The smallest absolute Gasteiger partial charge is 0.153 e. The lowest BCUT2D eigenvalue weighted by Crippen LogP contribution is -1.98. The van der Waals surface area contributed by atoms with E-state index >= 15 is 0 Å². The molecule has 1 aromatic heterocycles. The third-order valence-corrected chi connectivity index (χ3v) is 2.75. The minimum absolute atomic E-state index is 0.671. The minimum Gasteiger partial charge on any atom is -0.497 e. The van der Waals surface area contributed by atoms with Crippen LogP contribution < -0.4 is 9.47 Å². The zero-order valence-corrected chi connectivity index (χ0v) is 10.8. The second kappa shape index (κ2) is 5.40. The summed E-state index contributed by atoms with van der Waals surface area (Å²) in [6.45, 7) is 0. The van der Waals surface area contributed by atoms with E-state index in [-0.39, 0.29) is 0 Å². The highest BCUT2D eigenvalue weighted by molar-refractivity contribution is 5.48. The Kier molecular flexibility index (Phi) is 3.28. The summed E-state index contributed by atoms with van der Waals surface area (Å²) in [6.07, 6.45) is 1.52. The number of benzene rings is 2. The van der Waals surface area contributed by atoms with Crippen molar-refractivity contribution in [3.05, 3.63) is 54.9 Å². The van der Waals surface area contributed by atoms with Gasteiger partial charge in [-0.15, -0.1) is 5.10 Å². The summed E-state index contributed by atoms with van der Waals surface area (Å²) in [5.41, 5.74) is 0.772. The lowest BCUT2D eigenvalue weighted by Gasteiger charge is -2.10. The van der Waals surface area contributed by atoms with E-state index in [4.69, 9.17) is 9.47 Å². The van der Waals surface area contributed by atoms with Crippen LogP contribution in [0.2, 0.25) is 0 Å². The van der Waals surface area contributed by atoms with E-state index in [9.17, 15) is 0 Å². The van der Waals surface area contributed by atoms with Gasteiger partial charge >= 0.3 is 0 Å². The number of hydrogen-bond acceptors (Lipinski definition) is 5. The lowest BCUT2D eigenvalue weighted by atomic mass is 10.3. The van der Waals surface area contributed by atoms with E-state index < -0.39 is 0 Å². The Bertz CT molecular complexity index is 681. The maximum absolute atomic E-state index is 5.86. The van der Waals surface area contributed by atoms with Gasteiger partial charge in [0.25, 0.3) is 0 Å². The van der Waals surface area contributed by atoms with Crippen molar-refractivity contribution in [2.24, 2.45) is 0 Å². The highest BCUT2D eigenvalue weighted by Crippen LogP contribution is 2.28. The van der Waals surface area contributed by atoms with Crippen LogP contribution in [0, 0.1) is 0 Å². The van der Waals surface area contributed by atoms with Crippen LogP contribution in [0.15, 0.2) is 54.9 Å². The zero-order valence-electron chi connectivity index (χ0n) is 10.8. The summed E-state index contributed by atoms with van der Waals surface area (Å²) in [4.78, 5) is 0. The molecule has 3 rings (SSSR count). The first-order valence-electron chi connectivity index (χ1n) is 6.01. The summed E-state index contributed by atoms with van der Waals surface area (Å²) >= 11 is 0. The molecule has 0 spiro atoms. The van der Waals surface area contributed by atoms with Gasteiger partial charge in [-0.25, -0.2) is 0 Å². The molecule has 6 nitrogen and oxygen atoms in total. The van der Waals surface area contributed by atoms with E-state index in [0.29, 0.717) is 11.5 Å². The molecular weight excluding hydrogens is 256 g/mol. The first-order chi connectivity index (χ1) is 9.86. The van der Waals surface area contributed by atoms with Crippen molar-refractivity contribution in [2.45, 2.75) is 0 Å². The Balaban J connectivity index is 1.90. The first kappa shape index (κ1) is 12.2. The molecule has 0 N–H and O–H groups in total. The van der Waals surface area contributed by atoms with Gasteiger partial charge < -0.3 is 9.47 Å². The van der Waals surface area contributed by atoms with Gasteiger partial charge in [-0.2, -0.15) is 4.68 Å². The second-order valence-electron chi connectivity index (χ2n) is 4.00. The lowest BCUT2D eigenvalue weighted by molar-refractivity contribution is 0.412. The van der Waals surface area contributed by atoms with Crippen LogP contribution in [-0.4, -0.2) is 27.3 Å². The second-order valence-corrected chi connectivity index (χ2v) is 4.00. The predicted octanol–water partition coefficient (Wildman–Crippen LogP) is 2.46. The molecule has 0 aliphatic rings. The normalized spacial score (nSPS) is 10.2. The summed E-state index contributed by atoms with van der Waals surface area (Å²) in [5, 5.41) is 11.1. The Hall–Kier alpha value is -2.89. The Labute approximate surface area is 115 Å². The molecule has 0 saturated carbocycles. The molecule has 100 valence electrons. The van der Waals surface area contributed by atoms with Crippen molar-refractivity contribution < 1.29 is 9.47 Å². The third-order valence-electron chi connectivity index (χ3n) is 2.75. The fourth-order valence-electron chi connectivity index (χ4n) is 1.78. The predicted molar refractivity (Wildman–Crippen MR) is 72.2 cm³/mol. The van der Waals surface area contributed by atoms with Gasteiger partial charge in [-0.3, -0.25) is 0 Å². The van der Waals surface area contributed by atoms with Crippen LogP contribution in [0.25, 0.3) is 5.69 Å². The van der Waals surface area contributed by atoms with Crippen molar-refractivity contribution in [3.63, 3.8) is 0 Å². The molecular formula is C14H12N4O2. The number of ether oxygens (including phenoxy) is 2. The van der Waals surface area contributed by atoms with Crippen molar-refractivity contribution in [3.8, 4) is 22.9 Å². The first-order valence-corrected chi connectivity index (χ1v) is 6.01. The zero-order chi connectivity index (χ0) is 13.8. The van der Waals surface area contributed by atoms with Crippen LogP contribution in [0.5, 0.6) is 17.2 Å². The fraction of sp³-hybridized carbons (Fsp3) is 0.0714. The molecule has 0 radical (unpaired) electrons. The molecule has 0 aliphatic carbocycles. The molecule has 20 heavy (non-hydrogen) atoms. The quantitative estimate of drug-likeness (QED) is 0.727. The molecule has 0 saturated heterocycles. The fourth-order valence-corrected chi connectivity index (χ4v) is 1.78. The maximum Gasteiger partial charge on any atom is 0.153 e. The van der Waals surface area contributed by atoms with Gasteiger partial charge in [0.15, 0.2) is 5.75 Å². The molecule has 0 atom stereocenters. The van der Waals surface area contributed by atoms with Crippen LogP contribution in [0.3, 0.4) is 0 Å². The Morgan fingerprint density at radius 2 is 1.70 bits per heavy atom. The van der Waals surface area contributed by atoms with Gasteiger partial charge in [0.2, 0.25) is 0 Å². The topological polar surface area (TPSA) is 62.1 Å². The molecule has 3 aromatic rings. The number of nitrogens with zero attached hydrogens (tertiary/aromatic N) is 4. The molecule has 0 aliphatic heterocycles. The summed E-state index contributed by atoms with van der Waals surface area (Å²) < 4.78 is 12.5. The van der Waals surface area contributed by atoms with Crippen molar-refractivity contribution >= 4 is 0 Å². The largest absolute Gasteiger partial charge is 0.497 e. The minimum atomic E-state index is 0.671. The summed E-state index contributed by atoms with van der Waals surface area (Å²) in [7, 11) is 1.63. The van der Waals surface area contributed by atoms with Crippen LogP contribution in [0.1, 0.15) is 0 Å². The third kappa shape index (κ3) is 2.44. The van der Waals surface area contributed by atoms with Gasteiger partial charge in [0.1, 0.15) is 23.5 Å². The van der Waals surface area contributed by atoms with Crippen molar-refractivity contribution in [1.82, 2.24) is 20.2 Å². The van der Waals surface area contributed by atoms with Crippen LogP contribution >= 0.6 is 0 Å². The van der Waals surface area contributed by atoms with E-state index in [0.717, 1.165) is 11.4 Å². The number of para-hydroxylation sites is 2. The average molecular weight is 268 g/mol. The van der Waals surface area contributed by atoms with Crippen LogP contribution in [-0.2, 0) is 0 Å². The van der Waals surface area contributed by atoms with Crippen molar-refractivity contribution in [2.75, 3.05) is 7.11 Å². The highest BCUT2D eigenvalue weighted by atomic mass is 16.5. The Morgan fingerprint density at radius 3 is 2.40 bits per heavy atom. The molecule has 2 aromatic carbocycles. The molecule has 0 fully saturated rings. The van der Waals surface area contributed by atoms with Crippen LogP contribution in [0.4, 0.5) is 0 Å². The van der Waals surface area contributed by atoms with E-state index in [1.54, 1.807) is 11.8 Å². The van der Waals surface area contributed by atoms with E-state index in [2.05, 4.69) is 15.5 Å². The summed E-state index contributed by atoms with van der Waals surface area (Å²) in [6, 6.07) is 14.9. The van der Waals surface area contributed by atoms with Crippen molar-refractivity contribution in [1.29, 1.82) is 0 Å². The van der Waals surface area contributed by atoms with Gasteiger partial charge in [0.05, 0.1) is 7.11 Å². The monoisotopic (exact) mass is 268 g/mol. The van der Waals surface area contributed by atoms with E-state index in [1.807, 2.05) is 48.5 Å². The standard InChI is InChI=1S/C14H12N4O2/c1-19-11-6-8-12(9-7-11)20-14-5-3-2-4-13(14)18-10-15-16-17-18/h2-10H,1H3. The SMILES string of the molecule is COc1ccc(Oc2ccccc2-n2cnnn2)cc1. The Morgan fingerprint density at radius 1 is 0.950 bits per heavy atom. The highest BCUT2D eigenvalue weighted by Gasteiger charge is 2.07.